The van der Waals surface area contributed by atoms with Gasteiger partial charge in [0.15, 0.2) is 5.78 Å². The molecule has 0 aliphatic rings. The van der Waals surface area contributed by atoms with Crippen molar-refractivity contribution < 1.29 is 18.7 Å². The van der Waals surface area contributed by atoms with E-state index in [9.17, 15) is 18.8 Å². The molecule has 1 heterocycles. The molecule has 3 aromatic carbocycles. The molecule has 0 radical (unpaired) electrons. The first-order chi connectivity index (χ1) is 16.4. The summed E-state index contributed by atoms with van der Waals surface area (Å²) >= 11 is 6.09. The molecule has 0 unspecified atom stereocenters. The van der Waals surface area contributed by atoms with Crippen molar-refractivity contribution in [3.8, 4) is 5.75 Å². The molecule has 34 heavy (non-hydrogen) atoms. The molecule has 4 rings (SSSR count). The Bertz CT molecular complexity index is 1430. The highest BCUT2D eigenvalue weighted by Gasteiger charge is 2.18. The van der Waals surface area contributed by atoms with E-state index in [1.54, 1.807) is 31.4 Å². The Balaban J connectivity index is 1.64. The highest BCUT2D eigenvalue weighted by molar-refractivity contribution is 6.31. The number of methoxy groups -OCH3 is 1. The maximum Gasteiger partial charge on any atom is 0.240 e. The largest absolute Gasteiger partial charge is 0.497 e. The summed E-state index contributed by atoms with van der Waals surface area (Å²) in [4.78, 5) is 38.8. The van der Waals surface area contributed by atoms with E-state index in [0.29, 0.717) is 22.8 Å². The average Bonchev–Trinajstić information content (AvgIpc) is 2.85. The van der Waals surface area contributed by atoms with Crippen molar-refractivity contribution in [3.05, 3.63) is 111 Å². The number of carbonyl (C=O) groups is 2. The molecule has 6 nitrogen and oxygen atoms in total. The van der Waals surface area contributed by atoms with Crippen LogP contribution in [-0.4, -0.2) is 23.4 Å². The molecule has 0 saturated heterocycles. The number of nitrogens with zero attached hydrogens (tertiary/aromatic N) is 1. The minimum atomic E-state index is -0.570. The number of pyridine rings is 1. The zero-order valence-corrected chi connectivity index (χ0v) is 18.9. The summed E-state index contributed by atoms with van der Waals surface area (Å²) in [6, 6.07) is 16.9. The molecule has 0 spiro atoms. The lowest BCUT2D eigenvalue weighted by Crippen LogP contribution is -2.29. The summed E-state index contributed by atoms with van der Waals surface area (Å²) in [6.07, 6.45) is 1.36. The quantitative estimate of drug-likeness (QED) is 0.401. The van der Waals surface area contributed by atoms with Crippen LogP contribution in [0.1, 0.15) is 21.5 Å². The van der Waals surface area contributed by atoms with E-state index in [1.165, 1.54) is 29.0 Å². The third-order valence-electron chi connectivity index (χ3n) is 5.36. The molecule has 8 heteroatoms. The van der Waals surface area contributed by atoms with E-state index in [1.807, 2.05) is 12.1 Å². The van der Waals surface area contributed by atoms with Gasteiger partial charge < -0.3 is 14.6 Å². The molecule has 0 saturated carbocycles. The lowest BCUT2D eigenvalue weighted by atomic mass is 10.0. The van der Waals surface area contributed by atoms with Crippen LogP contribution in [0.25, 0.3) is 10.9 Å². The van der Waals surface area contributed by atoms with Crippen LogP contribution in [0.5, 0.6) is 5.75 Å². The van der Waals surface area contributed by atoms with Gasteiger partial charge in [-0.15, -0.1) is 0 Å². The Morgan fingerprint density at radius 1 is 1.03 bits per heavy atom. The second kappa shape index (κ2) is 9.89. The number of hydrogen-bond donors (Lipinski definition) is 1. The number of nitrogens with one attached hydrogen (secondary N) is 1. The fraction of sp³-hybridized carbons (Fsp3) is 0.115. The maximum absolute atomic E-state index is 13.3. The van der Waals surface area contributed by atoms with E-state index in [2.05, 4.69) is 5.32 Å². The van der Waals surface area contributed by atoms with Gasteiger partial charge in [0.05, 0.1) is 18.2 Å². The molecule has 0 aliphatic carbocycles. The van der Waals surface area contributed by atoms with Gasteiger partial charge in [0.2, 0.25) is 11.3 Å². The zero-order chi connectivity index (χ0) is 24.2. The van der Waals surface area contributed by atoms with Gasteiger partial charge >= 0.3 is 0 Å². The number of benzene rings is 3. The van der Waals surface area contributed by atoms with E-state index < -0.39 is 17.0 Å². The molecular weight excluding hydrogens is 459 g/mol. The summed E-state index contributed by atoms with van der Waals surface area (Å²) in [5, 5.41) is 3.37. The lowest BCUT2D eigenvalue weighted by molar-refractivity contribution is -0.121. The normalized spacial score (nSPS) is 10.8. The number of halogens is 2. The van der Waals surface area contributed by atoms with E-state index in [0.717, 1.165) is 17.7 Å². The standard InChI is InChI=1S/C26H20ClFN2O4/c1-34-20-9-2-16(3-10-20)13-29-24(31)15-30-14-22(25(32)17-4-7-19(28)8-5-17)26(33)21-12-18(27)6-11-23(21)30/h2-12,14H,13,15H2,1H3,(H,29,31). The van der Waals surface area contributed by atoms with Crippen LogP contribution in [-0.2, 0) is 17.9 Å². The predicted octanol–water partition coefficient (Wildman–Crippen LogP) is 4.35. The van der Waals surface area contributed by atoms with E-state index >= 15 is 0 Å². The molecule has 4 aromatic rings. The third-order valence-corrected chi connectivity index (χ3v) is 5.59. The lowest BCUT2D eigenvalue weighted by Gasteiger charge is -2.14. The van der Waals surface area contributed by atoms with Crippen molar-refractivity contribution >= 4 is 34.2 Å². The van der Waals surface area contributed by atoms with Gasteiger partial charge in [0.25, 0.3) is 0 Å². The third kappa shape index (κ3) is 5.00. The molecule has 172 valence electrons. The maximum atomic E-state index is 13.3. The summed E-state index contributed by atoms with van der Waals surface area (Å²) < 4.78 is 19.9. The number of carbonyl (C=O) groups excluding carboxylic acids is 2. The van der Waals surface area contributed by atoms with Crippen LogP contribution in [0, 0.1) is 5.82 Å². The minimum Gasteiger partial charge on any atom is -0.497 e. The first-order valence-corrected chi connectivity index (χ1v) is 10.8. The first kappa shape index (κ1) is 23.2. The molecule has 1 N–H and O–H groups in total. The number of amides is 1. The number of ketones is 1. The van der Waals surface area contributed by atoms with Crippen molar-refractivity contribution in [3.63, 3.8) is 0 Å². The molecule has 1 aromatic heterocycles. The number of fused-ring (bicyclic) bond motifs is 1. The monoisotopic (exact) mass is 478 g/mol. The Morgan fingerprint density at radius 2 is 1.74 bits per heavy atom. The second-order valence-corrected chi connectivity index (χ2v) is 8.06. The fourth-order valence-corrected chi connectivity index (χ4v) is 3.75. The first-order valence-electron chi connectivity index (χ1n) is 10.4. The SMILES string of the molecule is COc1ccc(CNC(=O)Cn2cc(C(=O)c3ccc(F)cc3)c(=O)c3cc(Cl)ccc32)cc1. The Hall–Kier alpha value is -3.97. The van der Waals surface area contributed by atoms with Crippen LogP contribution < -0.4 is 15.5 Å². The number of aromatic nitrogens is 1. The van der Waals surface area contributed by atoms with Gasteiger partial charge in [0, 0.05) is 28.7 Å². The topological polar surface area (TPSA) is 77.4 Å². The van der Waals surface area contributed by atoms with E-state index in [4.69, 9.17) is 16.3 Å². The summed E-state index contributed by atoms with van der Waals surface area (Å²) in [7, 11) is 1.58. The highest BCUT2D eigenvalue weighted by atomic mass is 35.5. The molecule has 0 aliphatic heterocycles. The number of hydrogen-bond acceptors (Lipinski definition) is 4. The summed E-state index contributed by atoms with van der Waals surface area (Å²) in [5.41, 5.74) is 0.865. The van der Waals surface area contributed by atoms with Crippen molar-refractivity contribution in [1.82, 2.24) is 9.88 Å². The van der Waals surface area contributed by atoms with Gasteiger partial charge in [-0.25, -0.2) is 4.39 Å². The van der Waals surface area contributed by atoms with Crippen molar-refractivity contribution in [1.29, 1.82) is 0 Å². The fourth-order valence-electron chi connectivity index (χ4n) is 3.57. The zero-order valence-electron chi connectivity index (χ0n) is 18.2. The molecule has 0 bridgehead atoms. The Kier molecular flexibility index (Phi) is 6.75. The van der Waals surface area contributed by atoms with Crippen LogP contribution in [0.15, 0.2) is 77.7 Å². The van der Waals surface area contributed by atoms with Gasteiger partial charge in [-0.3, -0.25) is 14.4 Å². The van der Waals surface area contributed by atoms with Crippen LogP contribution in [0.2, 0.25) is 5.02 Å². The molecule has 1 amide bonds. The number of ether oxygens (including phenoxy) is 1. The number of rotatable bonds is 7. The second-order valence-electron chi connectivity index (χ2n) is 7.62. The van der Waals surface area contributed by atoms with Crippen LogP contribution in [0.3, 0.4) is 0 Å². The van der Waals surface area contributed by atoms with Crippen LogP contribution >= 0.6 is 11.6 Å². The van der Waals surface area contributed by atoms with Gasteiger partial charge in [-0.2, -0.15) is 0 Å². The minimum absolute atomic E-state index is 0.127. The smallest absolute Gasteiger partial charge is 0.240 e. The molecule has 0 atom stereocenters. The van der Waals surface area contributed by atoms with Crippen molar-refractivity contribution in [2.45, 2.75) is 13.1 Å². The Morgan fingerprint density at radius 3 is 2.41 bits per heavy atom. The van der Waals surface area contributed by atoms with Gasteiger partial charge in [-0.05, 0) is 60.2 Å². The molecular formula is C26H20ClFN2O4. The van der Waals surface area contributed by atoms with E-state index in [-0.39, 0.29) is 29.0 Å². The summed E-state index contributed by atoms with van der Waals surface area (Å²) in [5.74, 6) is -0.658. The average molecular weight is 479 g/mol. The predicted molar refractivity (Wildman–Crippen MR) is 128 cm³/mol. The van der Waals surface area contributed by atoms with Crippen molar-refractivity contribution in [2.75, 3.05) is 7.11 Å². The molecule has 0 fully saturated rings. The van der Waals surface area contributed by atoms with Gasteiger partial charge in [-0.1, -0.05) is 23.7 Å². The Labute approximate surface area is 199 Å². The summed E-state index contributed by atoms with van der Waals surface area (Å²) in [6.45, 7) is 0.173. The highest BCUT2D eigenvalue weighted by Crippen LogP contribution is 2.19. The van der Waals surface area contributed by atoms with Gasteiger partial charge in [0.1, 0.15) is 18.1 Å². The van der Waals surface area contributed by atoms with Crippen molar-refractivity contribution in [2.24, 2.45) is 0 Å². The van der Waals surface area contributed by atoms with Crippen LogP contribution in [0.4, 0.5) is 4.39 Å².